The van der Waals surface area contributed by atoms with Gasteiger partial charge in [-0.1, -0.05) is 32.6 Å². The summed E-state index contributed by atoms with van der Waals surface area (Å²) >= 11 is 8.54. The van der Waals surface area contributed by atoms with Crippen molar-refractivity contribution >= 4 is 33.2 Å². The van der Waals surface area contributed by atoms with Crippen molar-refractivity contribution in [3.8, 4) is 5.75 Å². The van der Waals surface area contributed by atoms with Crippen LogP contribution in [0.1, 0.15) is 0 Å². The molecule has 0 unspecified atom stereocenters. The zero-order chi connectivity index (χ0) is 12.3. The molecule has 1 aromatic carbocycles. The van der Waals surface area contributed by atoms with Gasteiger partial charge in [0.05, 0.1) is 10.7 Å². The second-order valence-electron chi connectivity index (χ2n) is 2.47. The molecular formula is C7H2BrClF3N3O. The van der Waals surface area contributed by atoms with Crippen molar-refractivity contribution in [2.75, 3.05) is 0 Å². The van der Waals surface area contributed by atoms with Crippen LogP contribution in [-0.4, -0.2) is 6.36 Å². The predicted octanol–water partition coefficient (Wildman–Crippen LogP) is 4.94. The summed E-state index contributed by atoms with van der Waals surface area (Å²) in [6, 6.07) is 2.29. The second-order valence-corrected chi connectivity index (χ2v) is 3.79. The van der Waals surface area contributed by atoms with E-state index in [4.69, 9.17) is 17.1 Å². The van der Waals surface area contributed by atoms with Gasteiger partial charge in [-0.15, -0.1) is 13.2 Å². The van der Waals surface area contributed by atoms with Gasteiger partial charge in [0.1, 0.15) is 5.75 Å². The molecule has 0 saturated carbocycles. The van der Waals surface area contributed by atoms with E-state index in [1.807, 2.05) is 0 Å². The average molecular weight is 316 g/mol. The van der Waals surface area contributed by atoms with Gasteiger partial charge in [0, 0.05) is 9.38 Å². The van der Waals surface area contributed by atoms with Gasteiger partial charge in [-0.2, -0.15) is 0 Å². The van der Waals surface area contributed by atoms with Crippen LogP contribution in [-0.2, 0) is 0 Å². The summed E-state index contributed by atoms with van der Waals surface area (Å²) in [7, 11) is 0. The summed E-state index contributed by atoms with van der Waals surface area (Å²) in [5.74, 6) is -0.662. The fourth-order valence-corrected chi connectivity index (χ4v) is 1.70. The van der Waals surface area contributed by atoms with Gasteiger partial charge in [-0.25, -0.2) is 0 Å². The molecule has 0 saturated heterocycles. The van der Waals surface area contributed by atoms with E-state index in [-0.39, 0.29) is 9.50 Å². The number of hydrogen-bond donors (Lipinski definition) is 0. The molecule has 16 heavy (non-hydrogen) atoms. The predicted molar refractivity (Wildman–Crippen MR) is 54.6 cm³/mol. The zero-order valence-corrected chi connectivity index (χ0v) is 9.64. The molecule has 0 atom stereocenters. The quantitative estimate of drug-likeness (QED) is 0.433. The number of alkyl halides is 3. The van der Waals surface area contributed by atoms with Gasteiger partial charge in [0.2, 0.25) is 0 Å². The number of nitrogens with zero attached hydrogens (tertiary/aromatic N) is 3. The van der Waals surface area contributed by atoms with Crippen molar-refractivity contribution in [1.82, 2.24) is 0 Å². The number of benzene rings is 1. The van der Waals surface area contributed by atoms with Gasteiger partial charge < -0.3 is 4.74 Å². The molecule has 0 aliphatic rings. The molecule has 0 spiro atoms. The lowest BCUT2D eigenvalue weighted by molar-refractivity contribution is -0.274. The molecule has 0 N–H and O–H groups in total. The molecular weight excluding hydrogens is 314 g/mol. The van der Waals surface area contributed by atoms with Crippen molar-refractivity contribution in [2.45, 2.75) is 6.36 Å². The summed E-state index contributed by atoms with van der Waals surface area (Å²) in [6.45, 7) is 0. The Kier molecular flexibility index (Phi) is 3.90. The number of hydrogen-bond acceptors (Lipinski definition) is 2. The highest BCUT2D eigenvalue weighted by atomic mass is 79.9. The summed E-state index contributed by atoms with van der Waals surface area (Å²) in [5, 5.41) is 2.89. The van der Waals surface area contributed by atoms with Crippen LogP contribution in [0, 0.1) is 0 Å². The first kappa shape index (κ1) is 13.0. The fraction of sp³-hybridized carbons (Fsp3) is 0.143. The van der Waals surface area contributed by atoms with Crippen LogP contribution in [0.15, 0.2) is 21.7 Å². The third-order valence-electron chi connectivity index (χ3n) is 1.36. The fourth-order valence-electron chi connectivity index (χ4n) is 0.887. The van der Waals surface area contributed by atoms with Crippen LogP contribution >= 0.6 is 27.5 Å². The minimum Gasteiger partial charge on any atom is -0.405 e. The second kappa shape index (κ2) is 4.82. The molecule has 0 heterocycles. The SMILES string of the molecule is [N-]=[N+]=Nc1c(Cl)cc(Br)cc1OC(F)(F)F. The standard InChI is InChI=1S/C7H2BrClF3N3O/c8-3-1-4(9)6(14-15-13)5(2-3)16-7(10,11)12/h1-2H. The average Bonchev–Trinajstić information content (AvgIpc) is 2.08. The highest BCUT2D eigenvalue weighted by Crippen LogP contribution is 2.40. The van der Waals surface area contributed by atoms with Gasteiger partial charge in [-0.05, 0) is 17.7 Å². The van der Waals surface area contributed by atoms with Crippen LogP contribution in [0.2, 0.25) is 5.02 Å². The number of rotatable bonds is 2. The Hall–Kier alpha value is -1.11. The lowest BCUT2D eigenvalue weighted by Crippen LogP contribution is -2.17. The lowest BCUT2D eigenvalue weighted by Gasteiger charge is -2.12. The molecule has 1 aromatic rings. The molecule has 86 valence electrons. The van der Waals surface area contributed by atoms with Crippen molar-refractivity contribution < 1.29 is 17.9 Å². The Labute approximate surface area is 101 Å². The Bertz CT molecular complexity index is 459. The summed E-state index contributed by atoms with van der Waals surface area (Å²) in [5.41, 5.74) is 7.78. The first-order chi connectivity index (χ1) is 7.33. The number of ether oxygens (including phenoxy) is 1. The first-order valence-electron chi connectivity index (χ1n) is 3.63. The van der Waals surface area contributed by atoms with Crippen molar-refractivity contribution in [3.63, 3.8) is 0 Å². The van der Waals surface area contributed by atoms with E-state index >= 15 is 0 Å². The minimum absolute atomic E-state index is 0.147. The minimum atomic E-state index is -4.89. The monoisotopic (exact) mass is 315 g/mol. The van der Waals surface area contributed by atoms with E-state index in [9.17, 15) is 13.2 Å². The Morgan fingerprint density at radius 1 is 1.44 bits per heavy atom. The molecule has 4 nitrogen and oxygen atoms in total. The van der Waals surface area contributed by atoms with Crippen LogP contribution < -0.4 is 4.74 Å². The molecule has 0 fully saturated rings. The molecule has 1 rings (SSSR count). The van der Waals surface area contributed by atoms with E-state index in [1.54, 1.807) is 0 Å². The van der Waals surface area contributed by atoms with Gasteiger partial charge in [0.15, 0.2) is 0 Å². The molecule has 9 heteroatoms. The van der Waals surface area contributed by atoms with Gasteiger partial charge in [-0.3, -0.25) is 0 Å². The molecule has 0 aliphatic heterocycles. The van der Waals surface area contributed by atoms with Crippen LogP contribution in [0.25, 0.3) is 10.4 Å². The smallest absolute Gasteiger partial charge is 0.405 e. The van der Waals surface area contributed by atoms with E-state index in [2.05, 4.69) is 30.7 Å². The number of azide groups is 1. The Balaban J connectivity index is 3.29. The normalized spacial score (nSPS) is 10.8. The van der Waals surface area contributed by atoms with Gasteiger partial charge >= 0.3 is 6.36 Å². The van der Waals surface area contributed by atoms with E-state index < -0.39 is 17.8 Å². The van der Waals surface area contributed by atoms with Crippen molar-refractivity contribution in [3.05, 3.63) is 32.1 Å². The number of halogens is 5. The highest BCUT2D eigenvalue weighted by Gasteiger charge is 2.32. The maximum atomic E-state index is 12.0. The molecule has 0 bridgehead atoms. The van der Waals surface area contributed by atoms with E-state index in [1.165, 1.54) is 6.07 Å². The maximum Gasteiger partial charge on any atom is 0.573 e. The van der Waals surface area contributed by atoms with Crippen LogP contribution in [0.5, 0.6) is 5.75 Å². The van der Waals surface area contributed by atoms with Crippen molar-refractivity contribution in [2.24, 2.45) is 5.11 Å². The van der Waals surface area contributed by atoms with E-state index in [0.717, 1.165) is 6.07 Å². The maximum absolute atomic E-state index is 12.0. The third kappa shape index (κ3) is 3.48. The van der Waals surface area contributed by atoms with Crippen LogP contribution in [0.4, 0.5) is 18.9 Å². The zero-order valence-electron chi connectivity index (χ0n) is 7.29. The summed E-state index contributed by atoms with van der Waals surface area (Å²) in [6.07, 6.45) is -4.89. The first-order valence-corrected chi connectivity index (χ1v) is 4.80. The molecule has 0 radical (unpaired) electrons. The topological polar surface area (TPSA) is 58.0 Å². The van der Waals surface area contributed by atoms with Gasteiger partial charge in [0.25, 0.3) is 0 Å². The van der Waals surface area contributed by atoms with Crippen LogP contribution in [0.3, 0.4) is 0 Å². The summed E-state index contributed by atoms with van der Waals surface area (Å²) in [4.78, 5) is 2.36. The largest absolute Gasteiger partial charge is 0.573 e. The molecule has 0 aromatic heterocycles. The lowest BCUT2D eigenvalue weighted by atomic mass is 10.3. The molecule has 0 amide bonds. The third-order valence-corrected chi connectivity index (χ3v) is 2.11. The molecule has 0 aliphatic carbocycles. The summed E-state index contributed by atoms with van der Waals surface area (Å²) < 4.78 is 40.0. The van der Waals surface area contributed by atoms with E-state index in [0.29, 0.717) is 0 Å². The highest BCUT2D eigenvalue weighted by molar-refractivity contribution is 9.10. The van der Waals surface area contributed by atoms with Crippen molar-refractivity contribution in [1.29, 1.82) is 0 Å². The Morgan fingerprint density at radius 2 is 2.06 bits per heavy atom. The Morgan fingerprint density at radius 3 is 2.56 bits per heavy atom.